The lowest BCUT2D eigenvalue weighted by atomic mass is 9.88. The highest BCUT2D eigenvalue weighted by Crippen LogP contribution is 2.52. The molecule has 0 aliphatic heterocycles. The average molecular weight is 388 g/mol. The van der Waals surface area contributed by atoms with E-state index in [9.17, 15) is 5.11 Å². The molecule has 1 N–H and O–H groups in total. The molecule has 3 heteroatoms. The van der Waals surface area contributed by atoms with Crippen molar-refractivity contribution in [1.82, 2.24) is 0 Å². The largest absolute Gasteiger partial charge is 0.507 e. The Hall–Kier alpha value is -0.900. The van der Waals surface area contributed by atoms with Gasteiger partial charge in [0.05, 0.1) is 0 Å². The van der Waals surface area contributed by atoms with Crippen molar-refractivity contribution < 1.29 is 5.11 Å². The van der Waals surface area contributed by atoms with Crippen molar-refractivity contribution in [3.05, 3.63) is 58.1 Å². The summed E-state index contributed by atoms with van der Waals surface area (Å²) in [5.41, 5.74) is 6.30. The smallest absolute Gasteiger partial charge is 0.122 e. The first-order valence-corrected chi connectivity index (χ1v) is 12.4. The van der Waals surface area contributed by atoms with Gasteiger partial charge in [-0.3, -0.25) is 0 Å². The Balaban J connectivity index is 2.63. The van der Waals surface area contributed by atoms with Gasteiger partial charge >= 0.3 is 0 Å². The van der Waals surface area contributed by atoms with Crippen LogP contribution in [0.1, 0.15) is 60.9 Å². The Bertz CT molecular complexity index is 754. The van der Waals surface area contributed by atoms with Crippen LogP contribution < -0.4 is 5.30 Å². The highest BCUT2D eigenvalue weighted by atomic mass is 31.1. The third-order valence-electron chi connectivity index (χ3n) is 5.33. The third kappa shape index (κ3) is 4.49. The van der Waals surface area contributed by atoms with Gasteiger partial charge in [0, 0.05) is 10.7 Å². The molecule has 0 saturated carbocycles. The van der Waals surface area contributed by atoms with E-state index in [1.807, 2.05) is 6.92 Å². The number of aromatic hydroxyl groups is 1. The molecule has 0 amide bonds. The Morgan fingerprint density at radius 2 is 1.77 bits per heavy atom. The number of phenols is 1. The molecule has 0 aliphatic carbocycles. The van der Waals surface area contributed by atoms with Gasteiger partial charge in [0.1, 0.15) is 5.75 Å². The maximum absolute atomic E-state index is 10.9. The van der Waals surface area contributed by atoms with E-state index in [0.29, 0.717) is 14.3 Å². The molecule has 0 saturated heterocycles. The fraction of sp³-hybridized carbons (Fsp3) is 0.478. The quantitative estimate of drug-likeness (QED) is 0.509. The normalized spacial score (nSPS) is 14.5. The molecule has 26 heavy (non-hydrogen) atoms. The van der Waals surface area contributed by atoms with E-state index in [0.717, 1.165) is 45.1 Å². The lowest BCUT2D eigenvalue weighted by molar-refractivity contribution is 0.438. The van der Waals surface area contributed by atoms with Crippen molar-refractivity contribution in [2.75, 3.05) is 6.66 Å². The van der Waals surface area contributed by atoms with Crippen LogP contribution in [0.2, 0.25) is 0 Å². The predicted octanol–water partition coefficient (Wildman–Crippen LogP) is 6.54. The topological polar surface area (TPSA) is 20.2 Å². The van der Waals surface area contributed by atoms with Crippen LogP contribution in [0.5, 0.6) is 5.75 Å². The minimum atomic E-state index is 0.0212. The molecule has 2 rings (SSSR count). The van der Waals surface area contributed by atoms with Crippen molar-refractivity contribution in [2.24, 2.45) is 0 Å². The number of phenolic OH excluding ortho intramolecular Hbond substituents is 1. The monoisotopic (exact) mass is 388 g/mol. The summed E-state index contributed by atoms with van der Waals surface area (Å²) in [6.45, 7) is 13.3. The van der Waals surface area contributed by atoms with E-state index < -0.39 is 0 Å². The maximum Gasteiger partial charge on any atom is 0.122 e. The van der Waals surface area contributed by atoms with Crippen molar-refractivity contribution in [1.29, 1.82) is 0 Å². The predicted molar refractivity (Wildman–Crippen MR) is 122 cm³/mol. The molecule has 0 aliphatic rings. The summed E-state index contributed by atoms with van der Waals surface area (Å²) in [7, 11) is 1.62. The number of hydrogen-bond acceptors (Lipinski definition) is 1. The minimum Gasteiger partial charge on any atom is -0.507 e. The molecule has 0 fully saturated rings. The van der Waals surface area contributed by atoms with Crippen molar-refractivity contribution >= 4 is 22.5 Å². The zero-order valence-electron chi connectivity index (χ0n) is 17.2. The van der Waals surface area contributed by atoms with Crippen molar-refractivity contribution in [2.45, 2.75) is 65.2 Å². The molecule has 2 aromatic carbocycles. The number of benzene rings is 2. The number of hydrogen-bond donors (Lipinski definition) is 1. The van der Waals surface area contributed by atoms with Crippen LogP contribution in [0.3, 0.4) is 0 Å². The summed E-state index contributed by atoms with van der Waals surface area (Å²) in [6.07, 6.45) is 4.46. The highest BCUT2D eigenvalue weighted by Gasteiger charge is 2.34. The first-order chi connectivity index (χ1) is 12.4. The van der Waals surface area contributed by atoms with E-state index >= 15 is 0 Å². The van der Waals surface area contributed by atoms with Gasteiger partial charge in [-0.2, -0.15) is 0 Å². The first-order valence-electron chi connectivity index (χ1n) is 9.70. The van der Waals surface area contributed by atoms with E-state index in [4.69, 9.17) is 0 Å². The summed E-state index contributed by atoms with van der Waals surface area (Å²) in [5, 5.41) is 12.5. The summed E-state index contributed by atoms with van der Waals surface area (Å²) < 4.78 is 0. The van der Waals surface area contributed by atoms with Crippen LogP contribution in [0, 0.1) is 20.8 Å². The second-order valence-electron chi connectivity index (χ2n) is 7.43. The van der Waals surface area contributed by atoms with E-state index in [-0.39, 0.29) is 5.16 Å². The molecule has 3 atom stereocenters. The van der Waals surface area contributed by atoms with Gasteiger partial charge in [0.15, 0.2) is 0 Å². The molecule has 0 aromatic heterocycles. The van der Waals surface area contributed by atoms with Gasteiger partial charge < -0.3 is 5.11 Å². The molecule has 0 radical (unpaired) electrons. The molecule has 0 spiro atoms. The second-order valence-corrected chi connectivity index (χ2v) is 10.2. The van der Waals surface area contributed by atoms with Crippen LogP contribution in [0.25, 0.3) is 0 Å². The number of rotatable bonds is 8. The van der Waals surface area contributed by atoms with Crippen molar-refractivity contribution in [3.8, 4) is 5.75 Å². The van der Waals surface area contributed by atoms with Gasteiger partial charge in [0.2, 0.25) is 0 Å². The summed E-state index contributed by atoms with van der Waals surface area (Å²) >= 11 is 0. The molecule has 1 nitrogen and oxygen atoms in total. The lowest BCUT2D eigenvalue weighted by Crippen LogP contribution is -2.25. The van der Waals surface area contributed by atoms with Gasteiger partial charge in [0.25, 0.3) is 0 Å². The van der Waals surface area contributed by atoms with Gasteiger partial charge in [-0.15, -0.1) is 8.58 Å². The Morgan fingerprint density at radius 3 is 2.38 bits per heavy atom. The molecule has 142 valence electrons. The minimum absolute atomic E-state index is 0.0212. The molecule has 0 bridgehead atoms. The second kappa shape index (κ2) is 9.34. The van der Waals surface area contributed by atoms with Gasteiger partial charge in [-0.05, 0) is 68.4 Å². The molecule has 3 unspecified atom stereocenters. The summed E-state index contributed by atoms with van der Waals surface area (Å²) in [5.74, 6) is 0.505. The molecule has 0 heterocycles. The van der Waals surface area contributed by atoms with Crippen LogP contribution in [0.15, 0.2) is 30.3 Å². The number of aryl methyl sites for hydroxylation is 3. The van der Waals surface area contributed by atoms with Gasteiger partial charge in [-0.1, -0.05) is 64.7 Å². The molecule has 2 aromatic rings. The fourth-order valence-corrected chi connectivity index (χ4v) is 6.78. The Morgan fingerprint density at radius 1 is 1.04 bits per heavy atom. The average Bonchev–Trinajstić information content (AvgIpc) is 2.60. The highest BCUT2D eigenvalue weighted by molar-refractivity contribution is 7.49. The van der Waals surface area contributed by atoms with Crippen LogP contribution in [0.4, 0.5) is 0 Å². The lowest BCUT2D eigenvalue weighted by Gasteiger charge is -2.36. The Kier molecular flexibility index (Phi) is 7.69. The first kappa shape index (κ1) is 21.4. The molecular formula is C23H34OP2. The summed E-state index contributed by atoms with van der Waals surface area (Å²) in [4.78, 5) is 0. The van der Waals surface area contributed by atoms with Crippen LogP contribution in [-0.2, 0) is 11.3 Å². The van der Waals surface area contributed by atoms with E-state index in [1.165, 1.54) is 22.0 Å². The fourth-order valence-electron chi connectivity index (χ4n) is 3.96. The standard InChI is InChI=1S/C23H34OP2/c1-7-12-23(8-2,20-14-16(3)13-18(5)21(20)24)26-22-17(4)10-9-11-19(22)15-25-6/h9-11,13-14,24-26H,7-8,12,15H2,1-6H3. The van der Waals surface area contributed by atoms with E-state index in [2.05, 4.69) is 64.7 Å². The maximum atomic E-state index is 10.9. The molecular weight excluding hydrogens is 354 g/mol. The van der Waals surface area contributed by atoms with Gasteiger partial charge in [-0.25, -0.2) is 0 Å². The van der Waals surface area contributed by atoms with Crippen LogP contribution >= 0.6 is 17.2 Å². The SMILES string of the molecule is CCCC(CC)(Pc1c(C)cccc1CPC)c1cc(C)cc(C)c1O. The van der Waals surface area contributed by atoms with Crippen molar-refractivity contribution in [3.63, 3.8) is 0 Å². The van der Waals surface area contributed by atoms with E-state index in [1.54, 1.807) is 0 Å². The summed E-state index contributed by atoms with van der Waals surface area (Å²) in [6, 6.07) is 11.1. The Labute approximate surface area is 163 Å². The zero-order valence-corrected chi connectivity index (χ0v) is 19.2. The van der Waals surface area contributed by atoms with Crippen LogP contribution in [-0.4, -0.2) is 11.8 Å². The third-order valence-corrected chi connectivity index (χ3v) is 8.38. The zero-order chi connectivity index (χ0) is 19.3.